The monoisotopic (exact) mass is 379 g/mol. The molecule has 2 aromatic carbocycles. The van der Waals surface area contributed by atoms with Crippen molar-refractivity contribution in [3.8, 4) is 5.75 Å². The highest BCUT2D eigenvalue weighted by Crippen LogP contribution is 2.33. The van der Waals surface area contributed by atoms with Crippen LogP contribution in [0.15, 0.2) is 48.5 Å². The van der Waals surface area contributed by atoms with Crippen LogP contribution in [0.5, 0.6) is 5.75 Å². The van der Waals surface area contributed by atoms with E-state index in [1.54, 1.807) is 29.2 Å². The average molecular weight is 379 g/mol. The van der Waals surface area contributed by atoms with Gasteiger partial charge in [0.15, 0.2) is 0 Å². The molecule has 0 fully saturated rings. The lowest BCUT2D eigenvalue weighted by molar-refractivity contribution is 0.0831. The molecular weight excluding hydrogens is 352 g/mol. The van der Waals surface area contributed by atoms with Gasteiger partial charge in [-0.2, -0.15) is 0 Å². The molecule has 1 aliphatic carbocycles. The SMILES string of the molecule is CCN(CC)C(=O)Oc1ccc(C(=O)[N+](C)(C)c2cccc3c2CC=C3)cc1. The second-order valence-corrected chi connectivity index (χ2v) is 7.27. The Morgan fingerprint density at radius 2 is 1.71 bits per heavy atom. The molecule has 0 N–H and O–H groups in total. The van der Waals surface area contributed by atoms with Crippen LogP contribution in [0, 0.1) is 0 Å². The summed E-state index contributed by atoms with van der Waals surface area (Å²) < 4.78 is 5.51. The number of benzene rings is 2. The Balaban J connectivity index is 1.79. The minimum absolute atomic E-state index is 0.0121. The lowest BCUT2D eigenvalue weighted by atomic mass is 10.0. The smallest absolute Gasteiger partial charge is 0.410 e. The van der Waals surface area contributed by atoms with Crippen molar-refractivity contribution in [2.24, 2.45) is 0 Å². The van der Waals surface area contributed by atoms with Crippen LogP contribution in [-0.2, 0) is 6.42 Å². The minimum atomic E-state index is -0.382. The highest BCUT2D eigenvalue weighted by Gasteiger charge is 2.34. The van der Waals surface area contributed by atoms with Gasteiger partial charge in [-0.25, -0.2) is 14.1 Å². The Labute approximate surface area is 166 Å². The van der Waals surface area contributed by atoms with Gasteiger partial charge in [-0.05, 0) is 56.2 Å². The summed E-state index contributed by atoms with van der Waals surface area (Å²) in [6.07, 6.45) is 4.69. The van der Waals surface area contributed by atoms with Crippen LogP contribution in [0.1, 0.15) is 35.3 Å². The summed E-state index contributed by atoms with van der Waals surface area (Å²) in [7, 11) is 3.81. The third kappa shape index (κ3) is 3.71. The predicted molar refractivity (Wildman–Crippen MR) is 113 cm³/mol. The standard InChI is InChI=1S/C23H27N2O3/c1-5-24(6-2)23(27)28-19-15-13-18(14-16-19)22(26)25(3,4)21-12-8-10-17-9-7-11-20(17)21/h7-10,12-16H,5-6,11H2,1-4H3/q+1. The molecule has 2 amide bonds. The van der Waals surface area contributed by atoms with Crippen molar-refractivity contribution in [3.05, 3.63) is 65.2 Å². The fourth-order valence-corrected chi connectivity index (χ4v) is 3.54. The fourth-order valence-electron chi connectivity index (χ4n) is 3.54. The van der Waals surface area contributed by atoms with Crippen molar-refractivity contribution < 1.29 is 14.3 Å². The van der Waals surface area contributed by atoms with Gasteiger partial charge in [-0.3, -0.25) is 0 Å². The van der Waals surface area contributed by atoms with E-state index in [4.69, 9.17) is 4.74 Å². The summed E-state index contributed by atoms with van der Waals surface area (Å²) in [6, 6.07) is 12.9. The number of allylic oxidation sites excluding steroid dienone is 1. The van der Waals surface area contributed by atoms with Crippen LogP contribution in [0.25, 0.3) is 6.08 Å². The molecule has 5 nitrogen and oxygen atoms in total. The van der Waals surface area contributed by atoms with Crippen molar-refractivity contribution >= 4 is 23.8 Å². The number of hydrogen-bond acceptors (Lipinski definition) is 3. The van der Waals surface area contributed by atoms with Gasteiger partial charge in [0.2, 0.25) is 0 Å². The van der Waals surface area contributed by atoms with Crippen LogP contribution in [0.2, 0.25) is 0 Å². The van der Waals surface area contributed by atoms with E-state index in [1.165, 1.54) is 11.1 Å². The van der Waals surface area contributed by atoms with E-state index >= 15 is 0 Å². The number of fused-ring (bicyclic) bond motifs is 1. The number of carbonyl (C=O) groups excluding carboxylic acids is 2. The zero-order chi connectivity index (χ0) is 20.3. The number of hydrogen-bond donors (Lipinski definition) is 0. The second-order valence-electron chi connectivity index (χ2n) is 7.27. The summed E-state index contributed by atoms with van der Waals surface area (Å²) in [5.74, 6) is 0.422. The maximum Gasteiger partial charge on any atom is 0.415 e. The molecule has 0 radical (unpaired) electrons. The molecule has 5 heteroatoms. The third-order valence-electron chi connectivity index (χ3n) is 5.24. The van der Waals surface area contributed by atoms with Gasteiger partial charge in [-0.15, -0.1) is 0 Å². The fraction of sp³-hybridized carbons (Fsp3) is 0.304. The molecule has 0 saturated heterocycles. The summed E-state index contributed by atoms with van der Waals surface area (Å²) in [6.45, 7) is 4.99. The maximum atomic E-state index is 13.2. The van der Waals surface area contributed by atoms with E-state index in [9.17, 15) is 9.59 Å². The third-order valence-corrected chi connectivity index (χ3v) is 5.24. The summed E-state index contributed by atoms with van der Waals surface area (Å²) in [5, 5.41) is 0. The van der Waals surface area contributed by atoms with Gasteiger partial charge in [0.05, 0.1) is 19.7 Å². The molecule has 0 bridgehead atoms. The molecule has 1 aliphatic rings. The normalized spacial score (nSPS) is 12.6. The van der Waals surface area contributed by atoms with Crippen molar-refractivity contribution in [1.82, 2.24) is 9.38 Å². The number of carbonyl (C=O) groups is 2. The van der Waals surface area contributed by atoms with E-state index < -0.39 is 0 Å². The minimum Gasteiger partial charge on any atom is -0.410 e. The molecule has 0 aromatic heterocycles. The predicted octanol–water partition coefficient (Wildman–Crippen LogP) is 4.50. The molecule has 3 rings (SSSR count). The number of ether oxygens (including phenoxy) is 1. The quantitative estimate of drug-likeness (QED) is 0.719. The molecule has 0 unspecified atom stereocenters. The summed E-state index contributed by atoms with van der Waals surface area (Å²) in [4.78, 5) is 26.9. The van der Waals surface area contributed by atoms with E-state index in [-0.39, 0.29) is 16.5 Å². The first-order chi connectivity index (χ1) is 13.4. The molecule has 0 spiro atoms. The first-order valence-corrected chi connectivity index (χ1v) is 9.63. The summed E-state index contributed by atoms with van der Waals surface area (Å²) in [5.41, 5.74) is 3.96. The van der Waals surface area contributed by atoms with Crippen LogP contribution in [0.3, 0.4) is 0 Å². The average Bonchev–Trinajstić information content (AvgIpc) is 3.17. The molecule has 0 atom stereocenters. The molecule has 0 aliphatic heterocycles. The molecule has 0 saturated carbocycles. The Morgan fingerprint density at radius 1 is 1.04 bits per heavy atom. The number of nitrogens with zero attached hydrogens (tertiary/aromatic N) is 2. The van der Waals surface area contributed by atoms with E-state index in [0.29, 0.717) is 24.4 Å². The molecule has 146 valence electrons. The van der Waals surface area contributed by atoms with Crippen LogP contribution < -0.4 is 9.22 Å². The Bertz CT molecular complexity index is 910. The number of quaternary nitrogens is 1. The Hall–Kier alpha value is -2.92. The van der Waals surface area contributed by atoms with Crippen LogP contribution >= 0.6 is 0 Å². The zero-order valence-corrected chi connectivity index (χ0v) is 16.9. The van der Waals surface area contributed by atoms with Gasteiger partial charge in [-0.1, -0.05) is 24.3 Å². The van der Waals surface area contributed by atoms with Gasteiger partial charge in [0.1, 0.15) is 11.4 Å². The highest BCUT2D eigenvalue weighted by molar-refractivity contribution is 6.02. The Kier molecular flexibility index (Phi) is 5.66. The maximum absolute atomic E-state index is 13.2. The molecule has 0 heterocycles. The van der Waals surface area contributed by atoms with Crippen molar-refractivity contribution in [2.45, 2.75) is 20.3 Å². The lowest BCUT2D eigenvalue weighted by Crippen LogP contribution is -2.47. The summed E-state index contributed by atoms with van der Waals surface area (Å²) >= 11 is 0. The zero-order valence-electron chi connectivity index (χ0n) is 16.9. The molecule has 28 heavy (non-hydrogen) atoms. The van der Waals surface area contributed by atoms with Gasteiger partial charge < -0.3 is 9.64 Å². The van der Waals surface area contributed by atoms with Gasteiger partial charge in [0.25, 0.3) is 0 Å². The first kappa shape index (κ1) is 19.8. The highest BCUT2D eigenvalue weighted by atomic mass is 16.6. The van der Waals surface area contributed by atoms with Crippen molar-refractivity contribution in [2.75, 3.05) is 27.2 Å². The van der Waals surface area contributed by atoms with Gasteiger partial charge >= 0.3 is 12.0 Å². The topological polar surface area (TPSA) is 46.6 Å². The van der Waals surface area contributed by atoms with Gasteiger partial charge in [0, 0.05) is 18.7 Å². The molecular formula is C23H27N2O3+. The number of amides is 2. The van der Waals surface area contributed by atoms with Crippen LogP contribution in [-0.4, -0.2) is 44.1 Å². The van der Waals surface area contributed by atoms with E-state index in [1.807, 2.05) is 40.1 Å². The second kappa shape index (κ2) is 7.98. The largest absolute Gasteiger partial charge is 0.415 e. The molecule has 2 aromatic rings. The lowest BCUT2D eigenvalue weighted by Gasteiger charge is -2.28. The number of rotatable bonds is 5. The van der Waals surface area contributed by atoms with Crippen molar-refractivity contribution in [1.29, 1.82) is 0 Å². The Morgan fingerprint density at radius 3 is 2.36 bits per heavy atom. The van der Waals surface area contributed by atoms with Crippen LogP contribution in [0.4, 0.5) is 10.5 Å². The van der Waals surface area contributed by atoms with Crippen molar-refractivity contribution in [3.63, 3.8) is 0 Å². The first-order valence-electron chi connectivity index (χ1n) is 9.63. The van der Waals surface area contributed by atoms with E-state index in [0.717, 1.165) is 12.1 Å². The van der Waals surface area contributed by atoms with E-state index in [2.05, 4.69) is 18.2 Å².